The minimum absolute atomic E-state index is 0.0277. The molecule has 1 aliphatic heterocycles. The Morgan fingerprint density at radius 3 is 2.76 bits per heavy atom. The van der Waals surface area contributed by atoms with Gasteiger partial charge in [-0.25, -0.2) is 0 Å². The Labute approximate surface area is 125 Å². The fraction of sp³-hybridized carbons (Fsp3) is 0.500. The van der Waals surface area contributed by atoms with Gasteiger partial charge in [-0.1, -0.05) is 24.6 Å². The molecule has 1 aliphatic rings. The van der Waals surface area contributed by atoms with E-state index in [4.69, 9.17) is 4.74 Å². The fourth-order valence-corrected chi connectivity index (χ4v) is 2.27. The summed E-state index contributed by atoms with van der Waals surface area (Å²) in [6, 6.07) is 7.84. The summed E-state index contributed by atoms with van der Waals surface area (Å²) in [6.07, 6.45) is 1.18. The number of amides is 2. The van der Waals surface area contributed by atoms with Gasteiger partial charge < -0.3 is 15.0 Å². The molecule has 1 aromatic rings. The van der Waals surface area contributed by atoms with E-state index < -0.39 is 0 Å². The third-order valence-corrected chi connectivity index (χ3v) is 3.48. The Kier molecular flexibility index (Phi) is 5.33. The molecule has 0 aromatic heterocycles. The molecular weight excluding hydrogens is 268 g/mol. The number of nitrogens with zero attached hydrogens (tertiary/aromatic N) is 1. The second-order valence-electron chi connectivity index (χ2n) is 5.33. The summed E-state index contributed by atoms with van der Waals surface area (Å²) < 4.78 is 5.49. The van der Waals surface area contributed by atoms with Gasteiger partial charge in [0.15, 0.2) is 0 Å². The minimum Gasteiger partial charge on any atom is -0.365 e. The van der Waals surface area contributed by atoms with E-state index in [1.54, 1.807) is 4.90 Å². The lowest BCUT2D eigenvalue weighted by atomic mass is 10.2. The van der Waals surface area contributed by atoms with Crippen LogP contribution in [0.25, 0.3) is 0 Å². The SMILES string of the molecule is CCCC(=O)NCC1CN(c2ccc(C)cc2)C(=O)CO1. The zero-order valence-corrected chi connectivity index (χ0v) is 12.6. The van der Waals surface area contributed by atoms with Crippen LogP contribution in [-0.4, -0.2) is 37.6 Å². The van der Waals surface area contributed by atoms with Crippen molar-refractivity contribution < 1.29 is 14.3 Å². The number of benzene rings is 1. The number of carbonyl (C=O) groups is 2. The summed E-state index contributed by atoms with van der Waals surface area (Å²) in [6.45, 7) is 4.94. The number of aryl methyl sites for hydroxylation is 1. The second-order valence-corrected chi connectivity index (χ2v) is 5.33. The molecule has 1 aromatic carbocycles. The van der Waals surface area contributed by atoms with Crippen molar-refractivity contribution in [2.24, 2.45) is 0 Å². The maximum absolute atomic E-state index is 12.0. The molecular formula is C16H22N2O3. The van der Waals surface area contributed by atoms with E-state index in [1.807, 2.05) is 38.1 Å². The largest absolute Gasteiger partial charge is 0.365 e. The third-order valence-electron chi connectivity index (χ3n) is 3.48. The normalized spacial score (nSPS) is 18.7. The van der Waals surface area contributed by atoms with Crippen molar-refractivity contribution in [3.05, 3.63) is 29.8 Å². The van der Waals surface area contributed by atoms with Crippen molar-refractivity contribution in [3.8, 4) is 0 Å². The molecule has 1 N–H and O–H groups in total. The lowest BCUT2D eigenvalue weighted by Crippen LogP contribution is -2.50. The molecule has 0 aliphatic carbocycles. The fourth-order valence-electron chi connectivity index (χ4n) is 2.27. The molecule has 1 unspecified atom stereocenters. The second kappa shape index (κ2) is 7.22. The summed E-state index contributed by atoms with van der Waals surface area (Å²) in [5.74, 6) is -0.0186. The van der Waals surface area contributed by atoms with Crippen molar-refractivity contribution in [2.75, 3.05) is 24.6 Å². The van der Waals surface area contributed by atoms with Crippen LogP contribution in [0.3, 0.4) is 0 Å². The molecule has 1 saturated heterocycles. The molecule has 0 bridgehead atoms. The zero-order valence-electron chi connectivity index (χ0n) is 12.6. The molecule has 1 heterocycles. The number of hydrogen-bond donors (Lipinski definition) is 1. The number of anilines is 1. The number of ether oxygens (including phenoxy) is 1. The average Bonchev–Trinajstić information content (AvgIpc) is 2.48. The van der Waals surface area contributed by atoms with Crippen LogP contribution in [-0.2, 0) is 14.3 Å². The Bertz CT molecular complexity index is 499. The molecule has 1 fully saturated rings. The van der Waals surface area contributed by atoms with Gasteiger partial charge in [-0.3, -0.25) is 9.59 Å². The average molecular weight is 290 g/mol. The highest BCUT2D eigenvalue weighted by Crippen LogP contribution is 2.19. The van der Waals surface area contributed by atoms with Crippen molar-refractivity contribution in [1.82, 2.24) is 5.32 Å². The molecule has 21 heavy (non-hydrogen) atoms. The molecule has 114 valence electrons. The summed E-state index contributed by atoms with van der Waals surface area (Å²) in [5.41, 5.74) is 2.03. The predicted molar refractivity (Wildman–Crippen MR) is 81.2 cm³/mol. The Morgan fingerprint density at radius 2 is 2.10 bits per heavy atom. The molecule has 1 atom stereocenters. The summed E-state index contributed by atoms with van der Waals surface area (Å²) >= 11 is 0. The van der Waals surface area contributed by atoms with E-state index >= 15 is 0 Å². The molecule has 2 rings (SSSR count). The zero-order chi connectivity index (χ0) is 15.2. The topological polar surface area (TPSA) is 58.6 Å². The third kappa shape index (κ3) is 4.29. The van der Waals surface area contributed by atoms with E-state index in [9.17, 15) is 9.59 Å². The van der Waals surface area contributed by atoms with Crippen LogP contribution in [0, 0.1) is 6.92 Å². The van der Waals surface area contributed by atoms with Crippen molar-refractivity contribution in [1.29, 1.82) is 0 Å². The molecule has 0 radical (unpaired) electrons. The first-order valence-electron chi connectivity index (χ1n) is 7.35. The maximum Gasteiger partial charge on any atom is 0.253 e. The van der Waals surface area contributed by atoms with Crippen LogP contribution in [0.1, 0.15) is 25.3 Å². The van der Waals surface area contributed by atoms with E-state index in [0.29, 0.717) is 19.5 Å². The van der Waals surface area contributed by atoms with Gasteiger partial charge in [-0.05, 0) is 25.5 Å². The number of nitrogens with one attached hydrogen (secondary N) is 1. The van der Waals surface area contributed by atoms with Crippen molar-refractivity contribution >= 4 is 17.5 Å². The first-order valence-corrected chi connectivity index (χ1v) is 7.35. The predicted octanol–water partition coefficient (Wildman–Crippen LogP) is 1.64. The van der Waals surface area contributed by atoms with Gasteiger partial charge in [0.05, 0.1) is 12.6 Å². The first-order chi connectivity index (χ1) is 10.1. The van der Waals surface area contributed by atoms with Crippen LogP contribution in [0.5, 0.6) is 0 Å². The van der Waals surface area contributed by atoms with E-state index in [0.717, 1.165) is 17.7 Å². The van der Waals surface area contributed by atoms with Gasteiger partial charge in [0.2, 0.25) is 5.91 Å². The van der Waals surface area contributed by atoms with Crippen LogP contribution >= 0.6 is 0 Å². The quantitative estimate of drug-likeness (QED) is 0.897. The lowest BCUT2D eigenvalue weighted by Gasteiger charge is -2.33. The summed E-state index contributed by atoms with van der Waals surface area (Å²) in [5, 5.41) is 2.85. The molecule has 2 amide bonds. The summed E-state index contributed by atoms with van der Waals surface area (Å²) in [4.78, 5) is 25.2. The first kappa shape index (κ1) is 15.5. The van der Waals surface area contributed by atoms with Crippen LogP contribution < -0.4 is 10.2 Å². The van der Waals surface area contributed by atoms with E-state index in [2.05, 4.69) is 5.32 Å². The van der Waals surface area contributed by atoms with Gasteiger partial charge in [0.25, 0.3) is 5.91 Å². The lowest BCUT2D eigenvalue weighted by molar-refractivity contribution is -0.129. The number of rotatable bonds is 5. The van der Waals surface area contributed by atoms with Crippen molar-refractivity contribution in [3.63, 3.8) is 0 Å². The number of morpholine rings is 1. The van der Waals surface area contributed by atoms with Crippen LogP contribution in [0.15, 0.2) is 24.3 Å². The van der Waals surface area contributed by atoms with Gasteiger partial charge >= 0.3 is 0 Å². The molecule has 5 nitrogen and oxygen atoms in total. The minimum atomic E-state index is -0.162. The maximum atomic E-state index is 12.0. The van der Waals surface area contributed by atoms with Crippen LogP contribution in [0.4, 0.5) is 5.69 Å². The summed E-state index contributed by atoms with van der Waals surface area (Å²) in [7, 11) is 0. The van der Waals surface area contributed by atoms with Gasteiger partial charge in [0.1, 0.15) is 6.61 Å². The number of carbonyl (C=O) groups excluding carboxylic acids is 2. The van der Waals surface area contributed by atoms with E-state index in [1.165, 1.54) is 0 Å². The van der Waals surface area contributed by atoms with Gasteiger partial charge in [-0.15, -0.1) is 0 Å². The smallest absolute Gasteiger partial charge is 0.253 e. The van der Waals surface area contributed by atoms with Gasteiger partial charge in [0, 0.05) is 18.7 Å². The molecule has 5 heteroatoms. The highest BCUT2D eigenvalue weighted by Gasteiger charge is 2.27. The van der Waals surface area contributed by atoms with Crippen molar-refractivity contribution in [2.45, 2.75) is 32.8 Å². The van der Waals surface area contributed by atoms with E-state index in [-0.39, 0.29) is 24.5 Å². The highest BCUT2D eigenvalue weighted by atomic mass is 16.5. The van der Waals surface area contributed by atoms with Gasteiger partial charge in [-0.2, -0.15) is 0 Å². The highest BCUT2D eigenvalue weighted by molar-refractivity contribution is 5.95. The Balaban J connectivity index is 1.94. The Hall–Kier alpha value is -1.88. The number of hydrogen-bond acceptors (Lipinski definition) is 3. The molecule has 0 saturated carbocycles. The van der Waals surface area contributed by atoms with Crippen LogP contribution in [0.2, 0.25) is 0 Å². The monoisotopic (exact) mass is 290 g/mol. The standard InChI is InChI=1S/C16H22N2O3/c1-3-4-15(19)17-9-14-10-18(16(20)11-21-14)13-7-5-12(2)6-8-13/h5-8,14H,3-4,9-11H2,1-2H3,(H,17,19). The molecule has 0 spiro atoms. The Morgan fingerprint density at radius 1 is 1.38 bits per heavy atom.